The van der Waals surface area contributed by atoms with Crippen molar-refractivity contribution in [3.63, 3.8) is 0 Å². The normalized spacial score (nSPS) is 24.1. The summed E-state index contributed by atoms with van der Waals surface area (Å²) in [6.45, 7) is 5.43. The van der Waals surface area contributed by atoms with Crippen LogP contribution in [0.25, 0.3) is 0 Å². The number of carbonyl (C=O) groups is 2. The number of piperidine rings is 1. The van der Waals surface area contributed by atoms with E-state index in [4.69, 9.17) is 5.73 Å². The van der Waals surface area contributed by atoms with Gasteiger partial charge in [0.1, 0.15) is 0 Å². The van der Waals surface area contributed by atoms with E-state index in [1.165, 1.54) is 25.7 Å². The molecular weight excluding hydrogens is 254 g/mol. The zero-order chi connectivity index (χ0) is 14.5. The molecule has 1 unspecified atom stereocenters. The first-order chi connectivity index (χ1) is 9.59. The van der Waals surface area contributed by atoms with E-state index in [9.17, 15) is 9.59 Å². The van der Waals surface area contributed by atoms with Crippen LogP contribution in [-0.2, 0) is 9.59 Å². The molecule has 0 aromatic heterocycles. The Morgan fingerprint density at radius 1 is 1.00 bits per heavy atom. The third-order valence-corrected chi connectivity index (χ3v) is 4.75. The van der Waals surface area contributed by atoms with Gasteiger partial charge in [0.15, 0.2) is 0 Å². The molecule has 2 aliphatic heterocycles. The molecule has 5 heteroatoms. The molecule has 114 valence electrons. The van der Waals surface area contributed by atoms with Crippen LogP contribution in [0.15, 0.2) is 0 Å². The molecule has 0 bridgehead atoms. The van der Waals surface area contributed by atoms with Crippen molar-refractivity contribution >= 4 is 11.8 Å². The zero-order valence-corrected chi connectivity index (χ0v) is 12.5. The van der Waals surface area contributed by atoms with Crippen LogP contribution < -0.4 is 5.73 Å². The summed E-state index contributed by atoms with van der Waals surface area (Å²) < 4.78 is 0. The fourth-order valence-electron chi connectivity index (χ4n) is 3.29. The van der Waals surface area contributed by atoms with Crippen molar-refractivity contribution in [2.45, 2.75) is 51.5 Å². The highest BCUT2D eigenvalue weighted by Gasteiger charge is 2.30. The van der Waals surface area contributed by atoms with Gasteiger partial charge in [0.2, 0.25) is 11.8 Å². The van der Waals surface area contributed by atoms with Crippen LogP contribution in [0.3, 0.4) is 0 Å². The van der Waals surface area contributed by atoms with Gasteiger partial charge in [-0.25, -0.2) is 0 Å². The Bertz CT molecular complexity index is 343. The van der Waals surface area contributed by atoms with Crippen LogP contribution in [0, 0.1) is 5.92 Å². The predicted molar refractivity (Wildman–Crippen MR) is 78.0 cm³/mol. The monoisotopic (exact) mass is 281 g/mol. The van der Waals surface area contributed by atoms with Crippen LogP contribution in [0.2, 0.25) is 0 Å². The molecule has 2 saturated heterocycles. The minimum absolute atomic E-state index is 0.0294. The minimum atomic E-state index is -0.224. The van der Waals surface area contributed by atoms with Gasteiger partial charge in [-0.2, -0.15) is 0 Å². The molecule has 0 aliphatic carbocycles. The fraction of sp³-hybridized carbons (Fsp3) is 0.867. The zero-order valence-electron chi connectivity index (χ0n) is 12.5. The lowest BCUT2D eigenvalue weighted by Crippen LogP contribution is -2.50. The van der Waals surface area contributed by atoms with E-state index in [1.807, 2.05) is 11.8 Å². The van der Waals surface area contributed by atoms with Gasteiger partial charge >= 0.3 is 0 Å². The van der Waals surface area contributed by atoms with E-state index in [1.54, 1.807) is 0 Å². The number of amides is 2. The van der Waals surface area contributed by atoms with Crippen molar-refractivity contribution in [1.82, 2.24) is 9.80 Å². The highest BCUT2D eigenvalue weighted by atomic mass is 16.2. The number of primary amides is 1. The molecular formula is C15H27N3O2. The summed E-state index contributed by atoms with van der Waals surface area (Å²) in [5.74, 6) is -0.0555. The molecule has 2 heterocycles. The van der Waals surface area contributed by atoms with Crippen molar-refractivity contribution in [1.29, 1.82) is 0 Å². The third kappa shape index (κ3) is 3.72. The Kier molecular flexibility index (Phi) is 5.40. The van der Waals surface area contributed by atoms with Gasteiger partial charge in [0.05, 0.1) is 6.04 Å². The fourth-order valence-corrected chi connectivity index (χ4v) is 3.29. The Morgan fingerprint density at radius 2 is 1.55 bits per heavy atom. The van der Waals surface area contributed by atoms with Gasteiger partial charge in [-0.1, -0.05) is 12.8 Å². The Labute approximate surface area is 121 Å². The first-order valence-electron chi connectivity index (χ1n) is 7.91. The smallest absolute Gasteiger partial charge is 0.239 e. The Hall–Kier alpha value is -1.10. The van der Waals surface area contributed by atoms with Crippen LogP contribution in [0.4, 0.5) is 0 Å². The van der Waals surface area contributed by atoms with E-state index >= 15 is 0 Å². The maximum atomic E-state index is 12.6. The number of likely N-dealkylation sites (tertiary alicyclic amines) is 2. The molecule has 5 nitrogen and oxygen atoms in total. The van der Waals surface area contributed by atoms with E-state index in [0.29, 0.717) is 25.9 Å². The average Bonchev–Trinajstić information content (AvgIpc) is 2.75. The average molecular weight is 281 g/mol. The van der Waals surface area contributed by atoms with E-state index in [0.717, 1.165) is 13.1 Å². The van der Waals surface area contributed by atoms with E-state index < -0.39 is 0 Å². The number of nitrogens with two attached hydrogens (primary N) is 1. The molecule has 2 aliphatic rings. The lowest BCUT2D eigenvalue weighted by molar-refractivity contribution is -0.139. The molecule has 2 amide bonds. The summed E-state index contributed by atoms with van der Waals surface area (Å²) in [6, 6.07) is -0.0294. The molecule has 2 N–H and O–H groups in total. The summed E-state index contributed by atoms with van der Waals surface area (Å²) in [5.41, 5.74) is 5.33. The van der Waals surface area contributed by atoms with Crippen LogP contribution >= 0.6 is 0 Å². The standard InChI is InChI=1S/C15H27N3O2/c1-12(17-8-4-2-3-5-9-17)15(20)18-10-6-13(7-11-18)14(16)19/h12-13H,2-11H2,1H3,(H2,16,19). The van der Waals surface area contributed by atoms with Crippen molar-refractivity contribution in [2.75, 3.05) is 26.2 Å². The molecule has 0 saturated carbocycles. The summed E-state index contributed by atoms with van der Waals surface area (Å²) in [4.78, 5) is 27.9. The Morgan fingerprint density at radius 3 is 2.05 bits per heavy atom. The quantitative estimate of drug-likeness (QED) is 0.838. The summed E-state index contributed by atoms with van der Waals surface area (Å²) in [6.07, 6.45) is 6.38. The number of nitrogens with zero attached hydrogens (tertiary/aromatic N) is 2. The molecule has 2 rings (SSSR count). The predicted octanol–water partition coefficient (Wildman–Crippen LogP) is 0.975. The van der Waals surface area contributed by atoms with Gasteiger partial charge in [-0.15, -0.1) is 0 Å². The lowest BCUT2D eigenvalue weighted by Gasteiger charge is -2.35. The second kappa shape index (κ2) is 7.07. The number of hydrogen-bond donors (Lipinski definition) is 1. The summed E-state index contributed by atoms with van der Waals surface area (Å²) in [7, 11) is 0. The number of hydrogen-bond acceptors (Lipinski definition) is 3. The van der Waals surface area contributed by atoms with Crippen molar-refractivity contribution in [2.24, 2.45) is 11.7 Å². The maximum absolute atomic E-state index is 12.6. The van der Waals surface area contributed by atoms with Crippen molar-refractivity contribution in [3.05, 3.63) is 0 Å². The topological polar surface area (TPSA) is 66.6 Å². The van der Waals surface area contributed by atoms with Gasteiger partial charge in [0, 0.05) is 19.0 Å². The van der Waals surface area contributed by atoms with Crippen molar-refractivity contribution < 1.29 is 9.59 Å². The molecule has 2 fully saturated rings. The van der Waals surface area contributed by atoms with E-state index in [2.05, 4.69) is 4.90 Å². The van der Waals surface area contributed by atoms with Crippen molar-refractivity contribution in [3.8, 4) is 0 Å². The highest BCUT2D eigenvalue weighted by Crippen LogP contribution is 2.19. The second-order valence-corrected chi connectivity index (χ2v) is 6.13. The molecule has 20 heavy (non-hydrogen) atoms. The molecule has 0 spiro atoms. The first kappa shape index (κ1) is 15.3. The maximum Gasteiger partial charge on any atom is 0.239 e. The van der Waals surface area contributed by atoms with Crippen LogP contribution in [0.5, 0.6) is 0 Å². The largest absolute Gasteiger partial charge is 0.369 e. The van der Waals surface area contributed by atoms with Gasteiger partial charge in [-0.05, 0) is 45.7 Å². The van der Waals surface area contributed by atoms with Gasteiger partial charge < -0.3 is 10.6 Å². The molecule has 0 aromatic rings. The molecule has 1 atom stereocenters. The molecule has 0 radical (unpaired) electrons. The number of carbonyl (C=O) groups excluding carboxylic acids is 2. The first-order valence-corrected chi connectivity index (χ1v) is 7.91. The minimum Gasteiger partial charge on any atom is -0.369 e. The van der Waals surface area contributed by atoms with Gasteiger partial charge in [0.25, 0.3) is 0 Å². The number of rotatable bonds is 3. The van der Waals surface area contributed by atoms with Crippen LogP contribution in [-0.4, -0.2) is 53.8 Å². The SMILES string of the molecule is CC(C(=O)N1CCC(C(N)=O)CC1)N1CCCCCC1. The third-order valence-electron chi connectivity index (χ3n) is 4.75. The highest BCUT2D eigenvalue weighted by molar-refractivity contribution is 5.82. The summed E-state index contributed by atoms with van der Waals surface area (Å²) in [5, 5.41) is 0. The van der Waals surface area contributed by atoms with E-state index in [-0.39, 0.29) is 23.8 Å². The summed E-state index contributed by atoms with van der Waals surface area (Å²) >= 11 is 0. The van der Waals surface area contributed by atoms with Gasteiger partial charge in [-0.3, -0.25) is 14.5 Å². The Balaban J connectivity index is 1.85. The molecule has 0 aromatic carbocycles. The lowest BCUT2D eigenvalue weighted by atomic mass is 9.96. The van der Waals surface area contributed by atoms with Crippen LogP contribution in [0.1, 0.15) is 45.4 Å². The second-order valence-electron chi connectivity index (χ2n) is 6.13.